The van der Waals surface area contributed by atoms with Gasteiger partial charge >= 0.3 is 0 Å². The van der Waals surface area contributed by atoms with E-state index in [-0.39, 0.29) is 5.82 Å². The fraction of sp³-hybridized carbons (Fsp3) is 0.0625. The van der Waals surface area contributed by atoms with Crippen LogP contribution in [0.4, 0.5) is 8.78 Å². The maximum atomic E-state index is 13.3. The molecule has 1 heterocycles. The Kier molecular flexibility index (Phi) is 3.50. The Morgan fingerprint density at radius 2 is 1.76 bits per heavy atom. The third-order valence-corrected chi connectivity index (χ3v) is 3.26. The summed E-state index contributed by atoms with van der Waals surface area (Å²) in [5.74, 6) is -0.760. The summed E-state index contributed by atoms with van der Waals surface area (Å²) < 4.78 is 26.2. The average Bonchev–Trinajstić information content (AvgIpc) is 2.96. The zero-order chi connectivity index (χ0) is 14.8. The molecule has 1 atom stereocenters. The lowest BCUT2D eigenvalue weighted by atomic mass is 9.99. The number of aliphatic hydroxyl groups is 1. The standard InChI is InChI=1S/C16H12F2N2O/c17-12-6-4-10(5-7-12)15-14(9-19-20-15)16(21)11-2-1-3-13(18)8-11/h1-9,16,21H,(H,19,20). The van der Waals surface area contributed by atoms with Gasteiger partial charge < -0.3 is 5.11 Å². The zero-order valence-electron chi connectivity index (χ0n) is 10.9. The molecule has 0 bridgehead atoms. The molecule has 0 saturated carbocycles. The van der Waals surface area contributed by atoms with Crippen molar-refractivity contribution < 1.29 is 13.9 Å². The number of benzene rings is 2. The molecule has 0 spiro atoms. The largest absolute Gasteiger partial charge is 0.384 e. The van der Waals surface area contributed by atoms with Gasteiger partial charge in [0.15, 0.2) is 0 Å². The van der Waals surface area contributed by atoms with Gasteiger partial charge in [0.1, 0.15) is 17.7 Å². The first kappa shape index (κ1) is 13.5. The Hall–Kier alpha value is -2.53. The second kappa shape index (κ2) is 5.46. The van der Waals surface area contributed by atoms with Gasteiger partial charge in [-0.15, -0.1) is 0 Å². The van der Waals surface area contributed by atoms with Crippen molar-refractivity contribution in [3.05, 3.63) is 77.5 Å². The van der Waals surface area contributed by atoms with Gasteiger partial charge in [0.2, 0.25) is 0 Å². The molecule has 3 rings (SSSR count). The first-order chi connectivity index (χ1) is 10.1. The molecule has 5 heteroatoms. The molecule has 0 amide bonds. The summed E-state index contributed by atoms with van der Waals surface area (Å²) in [7, 11) is 0. The molecule has 0 aliphatic rings. The Morgan fingerprint density at radius 1 is 1.00 bits per heavy atom. The zero-order valence-corrected chi connectivity index (χ0v) is 10.9. The maximum Gasteiger partial charge on any atom is 0.123 e. The molecule has 0 aliphatic heterocycles. The number of hydrogen-bond acceptors (Lipinski definition) is 2. The Morgan fingerprint density at radius 3 is 2.48 bits per heavy atom. The first-order valence-electron chi connectivity index (χ1n) is 6.38. The third kappa shape index (κ3) is 2.68. The summed E-state index contributed by atoms with van der Waals surface area (Å²) in [5, 5.41) is 17.1. The van der Waals surface area contributed by atoms with E-state index in [1.807, 2.05) is 0 Å². The lowest BCUT2D eigenvalue weighted by molar-refractivity contribution is 0.220. The second-order valence-corrected chi connectivity index (χ2v) is 4.66. The van der Waals surface area contributed by atoms with Crippen LogP contribution in [-0.4, -0.2) is 15.3 Å². The van der Waals surface area contributed by atoms with Gasteiger partial charge in [-0.05, 0) is 42.0 Å². The van der Waals surface area contributed by atoms with Gasteiger partial charge in [-0.3, -0.25) is 5.10 Å². The predicted molar refractivity (Wildman–Crippen MR) is 74.4 cm³/mol. The second-order valence-electron chi connectivity index (χ2n) is 4.66. The number of nitrogens with zero attached hydrogens (tertiary/aromatic N) is 1. The quantitative estimate of drug-likeness (QED) is 0.775. The summed E-state index contributed by atoms with van der Waals surface area (Å²) in [6, 6.07) is 11.6. The summed E-state index contributed by atoms with van der Waals surface area (Å²) in [5.41, 5.74) is 2.21. The van der Waals surface area contributed by atoms with E-state index in [2.05, 4.69) is 10.2 Å². The van der Waals surface area contributed by atoms with Crippen LogP contribution in [-0.2, 0) is 0 Å². The Balaban J connectivity index is 2.00. The van der Waals surface area contributed by atoms with Crippen molar-refractivity contribution in [3.8, 4) is 11.3 Å². The number of rotatable bonds is 3. The van der Waals surface area contributed by atoms with E-state index in [4.69, 9.17) is 0 Å². The van der Waals surface area contributed by atoms with Gasteiger partial charge in [-0.2, -0.15) is 5.10 Å². The number of nitrogens with one attached hydrogen (secondary N) is 1. The van der Waals surface area contributed by atoms with Crippen LogP contribution in [0.15, 0.2) is 54.7 Å². The van der Waals surface area contributed by atoms with Crippen LogP contribution in [0.3, 0.4) is 0 Å². The van der Waals surface area contributed by atoms with E-state index in [9.17, 15) is 13.9 Å². The SMILES string of the molecule is OC(c1cccc(F)c1)c1cn[nH]c1-c1ccc(F)cc1. The van der Waals surface area contributed by atoms with Crippen molar-refractivity contribution in [1.82, 2.24) is 10.2 Å². The van der Waals surface area contributed by atoms with Crippen molar-refractivity contribution in [2.75, 3.05) is 0 Å². The van der Waals surface area contributed by atoms with Crippen molar-refractivity contribution in [2.45, 2.75) is 6.10 Å². The van der Waals surface area contributed by atoms with Gasteiger partial charge in [0, 0.05) is 11.1 Å². The maximum absolute atomic E-state index is 13.3. The molecule has 106 valence electrons. The molecular weight excluding hydrogens is 274 g/mol. The molecule has 3 aromatic rings. The van der Waals surface area contributed by atoms with E-state index in [1.54, 1.807) is 18.2 Å². The Bertz CT molecular complexity index is 753. The topological polar surface area (TPSA) is 48.9 Å². The summed E-state index contributed by atoms with van der Waals surface area (Å²) in [6.07, 6.45) is 0.466. The van der Waals surface area contributed by atoms with Gasteiger partial charge in [0.05, 0.1) is 11.9 Å². The minimum atomic E-state index is -1.01. The van der Waals surface area contributed by atoms with E-state index >= 15 is 0 Å². The van der Waals surface area contributed by atoms with Crippen LogP contribution in [0.2, 0.25) is 0 Å². The molecule has 1 unspecified atom stereocenters. The smallest absolute Gasteiger partial charge is 0.123 e. The molecule has 0 fully saturated rings. The van der Waals surface area contributed by atoms with E-state index in [1.165, 1.54) is 36.5 Å². The lowest BCUT2D eigenvalue weighted by Crippen LogP contribution is -2.00. The number of aromatic amines is 1. The monoisotopic (exact) mass is 286 g/mol. The Labute approximate surface area is 119 Å². The highest BCUT2D eigenvalue weighted by Crippen LogP contribution is 2.30. The van der Waals surface area contributed by atoms with Crippen molar-refractivity contribution >= 4 is 0 Å². The number of aromatic nitrogens is 2. The van der Waals surface area contributed by atoms with Crippen LogP contribution in [0, 0.1) is 11.6 Å². The number of hydrogen-bond donors (Lipinski definition) is 2. The van der Waals surface area contributed by atoms with Crippen molar-refractivity contribution in [3.63, 3.8) is 0 Å². The molecule has 2 aromatic carbocycles. The molecule has 0 aliphatic carbocycles. The molecule has 0 radical (unpaired) electrons. The number of aliphatic hydroxyl groups excluding tert-OH is 1. The lowest BCUT2D eigenvalue weighted by Gasteiger charge is -2.11. The number of halogens is 2. The minimum absolute atomic E-state index is 0.342. The summed E-state index contributed by atoms with van der Waals surface area (Å²) in [4.78, 5) is 0. The van der Waals surface area contributed by atoms with Crippen LogP contribution in [0.25, 0.3) is 11.3 Å². The van der Waals surface area contributed by atoms with Crippen LogP contribution >= 0.6 is 0 Å². The van der Waals surface area contributed by atoms with E-state index in [0.717, 1.165) is 0 Å². The molecular formula is C16H12F2N2O. The van der Waals surface area contributed by atoms with Crippen LogP contribution in [0.5, 0.6) is 0 Å². The fourth-order valence-corrected chi connectivity index (χ4v) is 2.21. The molecule has 21 heavy (non-hydrogen) atoms. The van der Waals surface area contributed by atoms with Crippen LogP contribution in [0.1, 0.15) is 17.2 Å². The van der Waals surface area contributed by atoms with Gasteiger partial charge in [0.25, 0.3) is 0 Å². The average molecular weight is 286 g/mol. The third-order valence-electron chi connectivity index (χ3n) is 3.26. The van der Waals surface area contributed by atoms with Crippen molar-refractivity contribution in [1.29, 1.82) is 0 Å². The summed E-state index contributed by atoms with van der Waals surface area (Å²) >= 11 is 0. The molecule has 0 saturated heterocycles. The highest BCUT2D eigenvalue weighted by Gasteiger charge is 2.18. The fourth-order valence-electron chi connectivity index (χ4n) is 2.21. The van der Waals surface area contributed by atoms with Crippen molar-refractivity contribution in [2.24, 2.45) is 0 Å². The normalized spacial score (nSPS) is 12.3. The molecule has 2 N–H and O–H groups in total. The van der Waals surface area contributed by atoms with E-state index in [0.29, 0.717) is 22.4 Å². The number of H-pyrrole nitrogens is 1. The highest BCUT2D eigenvalue weighted by atomic mass is 19.1. The van der Waals surface area contributed by atoms with Gasteiger partial charge in [-0.1, -0.05) is 12.1 Å². The van der Waals surface area contributed by atoms with E-state index < -0.39 is 11.9 Å². The molecule has 3 nitrogen and oxygen atoms in total. The minimum Gasteiger partial charge on any atom is -0.384 e. The predicted octanol–water partition coefficient (Wildman–Crippen LogP) is 3.44. The summed E-state index contributed by atoms with van der Waals surface area (Å²) in [6.45, 7) is 0. The van der Waals surface area contributed by atoms with Crippen LogP contribution < -0.4 is 0 Å². The van der Waals surface area contributed by atoms with Gasteiger partial charge in [-0.25, -0.2) is 8.78 Å². The molecule has 1 aromatic heterocycles. The highest BCUT2D eigenvalue weighted by molar-refractivity contribution is 5.63. The first-order valence-corrected chi connectivity index (χ1v) is 6.38.